The molecule has 0 radical (unpaired) electrons. The number of amidine groups is 1. The first-order chi connectivity index (χ1) is 4.27. The largest absolute Gasteiger partial charge is 0.394 e. The first kappa shape index (κ1) is 11.8. The Labute approximate surface area is 56.9 Å². The van der Waals surface area contributed by atoms with Crippen LogP contribution in [0, 0.1) is 5.41 Å². The second-order valence-electron chi connectivity index (χ2n) is 1.02. The number of hydrogen-bond acceptors (Lipinski definition) is 4. The molecule has 0 amide bonds. The van der Waals surface area contributed by atoms with Crippen molar-refractivity contribution in [1.82, 2.24) is 0 Å². The second-order valence-corrected chi connectivity index (χ2v) is 1.92. The molecule has 0 bridgehead atoms. The zero-order valence-electron chi connectivity index (χ0n) is 4.68. The van der Waals surface area contributed by atoms with Crippen LogP contribution in [0.2, 0.25) is 0 Å². The van der Waals surface area contributed by atoms with Gasteiger partial charge in [0.05, 0.1) is 0 Å². The average Bonchev–Trinajstić information content (AvgIpc) is 1.61. The molecule has 0 aliphatic carbocycles. The molecule has 0 rings (SSSR count). The summed E-state index contributed by atoms with van der Waals surface area (Å²) in [5.74, 6) is -0.426. The molecule has 7 nitrogen and oxygen atoms in total. The predicted octanol–water partition coefficient (Wildman–Crippen LogP) is -1.53. The SMILES string of the molecule is N=C(N)C=O.O=S(=O)(O)O. The predicted molar refractivity (Wildman–Crippen MR) is 32.2 cm³/mol. The van der Waals surface area contributed by atoms with Crippen molar-refractivity contribution in [1.29, 1.82) is 5.41 Å². The number of hydrogen-bond donors (Lipinski definition) is 4. The van der Waals surface area contributed by atoms with E-state index in [2.05, 4.69) is 5.73 Å². The van der Waals surface area contributed by atoms with Gasteiger partial charge in [-0.3, -0.25) is 19.3 Å². The van der Waals surface area contributed by atoms with Gasteiger partial charge < -0.3 is 5.73 Å². The van der Waals surface area contributed by atoms with E-state index in [1.165, 1.54) is 0 Å². The molecular formula is C2H6N2O5S. The van der Waals surface area contributed by atoms with E-state index in [4.69, 9.17) is 27.7 Å². The summed E-state index contributed by atoms with van der Waals surface area (Å²) < 4.78 is 31.6. The lowest BCUT2D eigenvalue weighted by Gasteiger charge is -1.68. The molecule has 0 aromatic rings. The fraction of sp³-hybridized carbons (Fsp3) is 0. The molecule has 0 unspecified atom stereocenters. The quantitative estimate of drug-likeness (QED) is 0.163. The Morgan fingerprint density at radius 2 is 1.60 bits per heavy atom. The van der Waals surface area contributed by atoms with Gasteiger partial charge in [-0.05, 0) is 0 Å². The van der Waals surface area contributed by atoms with Gasteiger partial charge >= 0.3 is 10.4 Å². The van der Waals surface area contributed by atoms with E-state index in [1.807, 2.05) is 0 Å². The van der Waals surface area contributed by atoms with Crippen molar-refractivity contribution in [2.75, 3.05) is 0 Å². The fourth-order valence-corrected chi connectivity index (χ4v) is 0. The molecule has 0 atom stereocenters. The van der Waals surface area contributed by atoms with Gasteiger partial charge in [0.25, 0.3) is 0 Å². The summed E-state index contributed by atoms with van der Waals surface area (Å²) in [6.07, 6.45) is 0.278. The molecule has 0 saturated heterocycles. The third kappa shape index (κ3) is 248. The van der Waals surface area contributed by atoms with Crippen LogP contribution in [-0.4, -0.2) is 29.6 Å². The molecule has 0 aromatic heterocycles. The maximum atomic E-state index is 9.16. The van der Waals surface area contributed by atoms with Crippen molar-refractivity contribution in [2.24, 2.45) is 5.73 Å². The van der Waals surface area contributed by atoms with E-state index in [1.54, 1.807) is 0 Å². The van der Waals surface area contributed by atoms with Crippen LogP contribution < -0.4 is 5.73 Å². The Balaban J connectivity index is 0. The minimum absolute atomic E-state index is 0.278. The maximum absolute atomic E-state index is 9.16. The molecule has 5 N–H and O–H groups in total. The molecule has 0 aromatic carbocycles. The first-order valence-electron chi connectivity index (χ1n) is 1.76. The topological polar surface area (TPSA) is 142 Å². The normalized spacial score (nSPS) is 9.00. The summed E-state index contributed by atoms with van der Waals surface area (Å²) in [5, 5.41) is 6.15. The highest BCUT2D eigenvalue weighted by Crippen LogP contribution is 1.59. The highest BCUT2D eigenvalue weighted by atomic mass is 32.3. The number of carbonyl (C=O) groups excluding carboxylic acids is 1. The van der Waals surface area contributed by atoms with Crippen LogP contribution in [0.5, 0.6) is 0 Å². The molecule has 60 valence electrons. The van der Waals surface area contributed by atoms with Crippen LogP contribution in [0.1, 0.15) is 0 Å². The lowest BCUT2D eigenvalue weighted by atomic mass is 10.7. The van der Waals surface area contributed by atoms with Crippen LogP contribution in [0.25, 0.3) is 0 Å². The van der Waals surface area contributed by atoms with Crippen molar-refractivity contribution >= 4 is 22.5 Å². The number of aldehydes is 1. The Kier molecular flexibility index (Phi) is 5.70. The van der Waals surface area contributed by atoms with Crippen LogP contribution in [-0.2, 0) is 15.2 Å². The van der Waals surface area contributed by atoms with Crippen molar-refractivity contribution < 1.29 is 22.3 Å². The van der Waals surface area contributed by atoms with Gasteiger partial charge in [0.15, 0.2) is 12.1 Å². The van der Waals surface area contributed by atoms with Gasteiger partial charge in [-0.2, -0.15) is 8.42 Å². The monoisotopic (exact) mass is 170 g/mol. The molecule has 10 heavy (non-hydrogen) atoms. The van der Waals surface area contributed by atoms with Gasteiger partial charge in [0, 0.05) is 0 Å². The highest BCUT2D eigenvalue weighted by Gasteiger charge is 1.84. The smallest absolute Gasteiger partial charge is 0.381 e. The third-order valence-electron chi connectivity index (χ3n) is 0.127. The standard InChI is InChI=1S/C2H4N2O.H2O4S/c3-2(4)1-5;1-5(2,3)4/h1H,(H3,3,4);(H2,1,2,3,4). The zero-order valence-corrected chi connectivity index (χ0v) is 5.50. The molecule has 0 spiro atoms. The third-order valence-corrected chi connectivity index (χ3v) is 0.127. The van der Waals surface area contributed by atoms with Gasteiger partial charge in [-0.1, -0.05) is 0 Å². The van der Waals surface area contributed by atoms with E-state index in [0.717, 1.165) is 0 Å². The summed E-state index contributed by atoms with van der Waals surface area (Å²) in [5.41, 5.74) is 4.51. The van der Waals surface area contributed by atoms with Gasteiger partial charge in [-0.25, -0.2) is 0 Å². The maximum Gasteiger partial charge on any atom is 0.394 e. The van der Waals surface area contributed by atoms with Gasteiger partial charge in [-0.15, -0.1) is 0 Å². The average molecular weight is 170 g/mol. The zero-order chi connectivity index (χ0) is 8.78. The molecule has 0 aliphatic heterocycles. The van der Waals surface area contributed by atoms with Crippen LogP contribution >= 0.6 is 0 Å². The van der Waals surface area contributed by atoms with E-state index in [0.29, 0.717) is 0 Å². The lowest BCUT2D eigenvalue weighted by molar-refractivity contribution is -0.102. The molecular weight excluding hydrogens is 164 g/mol. The summed E-state index contributed by atoms with van der Waals surface area (Å²) in [6, 6.07) is 0. The summed E-state index contributed by atoms with van der Waals surface area (Å²) >= 11 is 0. The Bertz CT molecular complexity index is 198. The van der Waals surface area contributed by atoms with Crippen molar-refractivity contribution in [3.63, 3.8) is 0 Å². The lowest BCUT2D eigenvalue weighted by Crippen LogP contribution is -2.09. The van der Waals surface area contributed by atoms with Gasteiger partial charge in [0.1, 0.15) is 0 Å². The van der Waals surface area contributed by atoms with Crippen LogP contribution in [0.15, 0.2) is 0 Å². The van der Waals surface area contributed by atoms with Crippen molar-refractivity contribution in [2.45, 2.75) is 0 Å². The molecule has 0 heterocycles. The Morgan fingerprint density at radius 3 is 1.60 bits per heavy atom. The Morgan fingerprint density at radius 1 is 1.50 bits per heavy atom. The molecule has 0 fully saturated rings. The summed E-state index contributed by atoms with van der Waals surface area (Å²) in [6.45, 7) is 0. The van der Waals surface area contributed by atoms with E-state index >= 15 is 0 Å². The number of carbonyl (C=O) groups is 1. The van der Waals surface area contributed by atoms with E-state index < -0.39 is 16.2 Å². The van der Waals surface area contributed by atoms with Crippen molar-refractivity contribution in [3.05, 3.63) is 0 Å². The highest BCUT2D eigenvalue weighted by molar-refractivity contribution is 7.79. The van der Waals surface area contributed by atoms with Crippen LogP contribution in [0.3, 0.4) is 0 Å². The van der Waals surface area contributed by atoms with Gasteiger partial charge in [0.2, 0.25) is 0 Å². The number of rotatable bonds is 1. The molecule has 0 aliphatic rings. The number of nitrogens with one attached hydrogen (secondary N) is 1. The van der Waals surface area contributed by atoms with E-state index in [9.17, 15) is 0 Å². The molecule has 0 saturated carbocycles. The Hall–Kier alpha value is -0.990. The van der Waals surface area contributed by atoms with Crippen LogP contribution in [0.4, 0.5) is 0 Å². The van der Waals surface area contributed by atoms with Crippen molar-refractivity contribution in [3.8, 4) is 0 Å². The summed E-state index contributed by atoms with van der Waals surface area (Å²) in [7, 11) is -4.67. The first-order valence-corrected chi connectivity index (χ1v) is 3.16. The number of nitrogens with two attached hydrogens (primary N) is 1. The van der Waals surface area contributed by atoms with E-state index in [-0.39, 0.29) is 6.29 Å². The fourth-order valence-electron chi connectivity index (χ4n) is 0. The molecule has 8 heteroatoms. The minimum atomic E-state index is -4.67. The minimum Gasteiger partial charge on any atom is -0.381 e. The second kappa shape index (κ2) is 4.85. The summed E-state index contributed by atoms with van der Waals surface area (Å²) in [4.78, 5) is 9.16.